The highest BCUT2D eigenvalue weighted by Crippen LogP contribution is 2.35. The largest absolute Gasteiger partial charge is 0.486 e. The SMILES string of the molecule is C[C@@H]1CN([C@@H](C)CO)C(=O)c2cccc(NS(C)(=O)=O)c2O[C@H]1CN(C)S(=O)(=O)c1cccs1. The Balaban J connectivity index is 2.06. The molecule has 3 rings (SSSR count). The number of rotatable bonds is 8. The van der Waals surface area contributed by atoms with Crippen LogP contribution < -0.4 is 9.46 Å². The van der Waals surface area contributed by atoms with E-state index in [-0.39, 0.29) is 46.8 Å². The highest BCUT2D eigenvalue weighted by Gasteiger charge is 2.36. The lowest BCUT2D eigenvalue weighted by Gasteiger charge is -2.38. The van der Waals surface area contributed by atoms with Gasteiger partial charge in [0.25, 0.3) is 15.9 Å². The Kier molecular flexibility index (Phi) is 7.92. The minimum Gasteiger partial charge on any atom is -0.486 e. The van der Waals surface area contributed by atoms with Gasteiger partial charge >= 0.3 is 0 Å². The smallest absolute Gasteiger partial charge is 0.258 e. The fourth-order valence-corrected chi connectivity index (χ4v) is 6.60. The number of thiophene rings is 1. The maximum absolute atomic E-state index is 13.3. The van der Waals surface area contributed by atoms with E-state index in [0.717, 1.165) is 17.6 Å². The Morgan fingerprint density at radius 3 is 2.56 bits per heavy atom. The second-order valence-corrected chi connectivity index (χ2v) is 13.4. The third-order valence-electron chi connectivity index (χ3n) is 5.58. The van der Waals surface area contributed by atoms with Crippen LogP contribution in [0.3, 0.4) is 0 Å². The molecule has 1 aliphatic heterocycles. The number of aliphatic hydroxyl groups excluding tert-OH is 1. The predicted molar refractivity (Wildman–Crippen MR) is 130 cm³/mol. The summed E-state index contributed by atoms with van der Waals surface area (Å²) in [5.74, 6) is -0.747. The zero-order chi connectivity index (χ0) is 25.3. The minimum atomic E-state index is -3.76. The number of anilines is 1. The first-order valence-electron chi connectivity index (χ1n) is 10.5. The van der Waals surface area contributed by atoms with E-state index >= 15 is 0 Å². The Labute approximate surface area is 204 Å². The van der Waals surface area contributed by atoms with Gasteiger partial charge in [0.2, 0.25) is 10.0 Å². The van der Waals surface area contributed by atoms with E-state index < -0.39 is 38.1 Å². The molecule has 0 aliphatic carbocycles. The lowest BCUT2D eigenvalue weighted by Crippen LogP contribution is -2.50. The van der Waals surface area contributed by atoms with Gasteiger partial charge < -0.3 is 14.7 Å². The molecule has 0 unspecified atom stereocenters. The van der Waals surface area contributed by atoms with Crippen molar-refractivity contribution in [2.24, 2.45) is 5.92 Å². The number of amides is 1. The highest BCUT2D eigenvalue weighted by atomic mass is 32.2. The number of likely N-dealkylation sites (N-methyl/N-ethyl adjacent to an activating group) is 1. The number of hydrogen-bond donors (Lipinski definition) is 2. The lowest BCUT2D eigenvalue weighted by molar-refractivity contribution is 0.0389. The summed E-state index contributed by atoms with van der Waals surface area (Å²) in [5.41, 5.74) is 0.197. The standard InChI is InChI=1S/C21H29N3O7S3/c1-14-11-24(15(2)13-25)21(26)16-7-5-8-17(22-33(4,27)28)20(16)31-18(14)12-23(3)34(29,30)19-9-6-10-32-19/h5-10,14-15,18,22,25H,11-13H2,1-4H3/t14-,15+,18+/m1/s1. The van der Waals surface area contributed by atoms with Crippen LogP contribution in [0.25, 0.3) is 0 Å². The molecule has 10 nitrogen and oxygen atoms in total. The first kappa shape index (κ1) is 26.4. The molecular weight excluding hydrogens is 502 g/mol. The number of nitrogens with one attached hydrogen (secondary N) is 1. The molecule has 188 valence electrons. The van der Waals surface area contributed by atoms with Crippen LogP contribution in [0.1, 0.15) is 24.2 Å². The van der Waals surface area contributed by atoms with Crippen LogP contribution >= 0.6 is 11.3 Å². The summed E-state index contributed by atoms with van der Waals surface area (Å²) < 4.78 is 59.8. The van der Waals surface area contributed by atoms with Gasteiger partial charge in [-0.3, -0.25) is 9.52 Å². The fraction of sp³-hybridized carbons (Fsp3) is 0.476. The number of hydrogen-bond acceptors (Lipinski definition) is 8. The Hall–Kier alpha value is -2.19. The van der Waals surface area contributed by atoms with Crippen LogP contribution in [0.4, 0.5) is 5.69 Å². The molecule has 1 aromatic carbocycles. The molecule has 2 N–H and O–H groups in total. The van der Waals surface area contributed by atoms with Gasteiger partial charge in [-0.2, -0.15) is 4.31 Å². The van der Waals surface area contributed by atoms with E-state index in [9.17, 15) is 26.7 Å². The van der Waals surface area contributed by atoms with Crippen molar-refractivity contribution in [3.05, 3.63) is 41.3 Å². The van der Waals surface area contributed by atoms with Gasteiger partial charge in [0.1, 0.15) is 10.3 Å². The van der Waals surface area contributed by atoms with E-state index in [1.165, 1.54) is 40.5 Å². The third-order valence-corrected chi connectivity index (χ3v) is 9.37. The summed E-state index contributed by atoms with van der Waals surface area (Å²) in [4.78, 5) is 14.8. The van der Waals surface area contributed by atoms with Crippen LogP contribution in [0.15, 0.2) is 39.9 Å². The predicted octanol–water partition coefficient (Wildman–Crippen LogP) is 1.66. The van der Waals surface area contributed by atoms with Gasteiger partial charge in [0, 0.05) is 19.5 Å². The second kappa shape index (κ2) is 10.2. The molecule has 1 aromatic heterocycles. The molecule has 2 heterocycles. The fourth-order valence-electron chi connectivity index (χ4n) is 3.66. The van der Waals surface area contributed by atoms with Crippen molar-refractivity contribution in [3.8, 4) is 5.75 Å². The van der Waals surface area contributed by atoms with E-state index in [1.807, 2.05) is 6.92 Å². The highest BCUT2D eigenvalue weighted by molar-refractivity contribution is 7.92. The van der Waals surface area contributed by atoms with Crippen LogP contribution in [0.2, 0.25) is 0 Å². The Bertz CT molecular complexity index is 1230. The zero-order valence-electron chi connectivity index (χ0n) is 19.3. The zero-order valence-corrected chi connectivity index (χ0v) is 21.8. The van der Waals surface area contributed by atoms with Crippen LogP contribution in [0, 0.1) is 5.92 Å². The van der Waals surface area contributed by atoms with Gasteiger partial charge in [-0.25, -0.2) is 16.8 Å². The lowest BCUT2D eigenvalue weighted by atomic mass is 9.99. The van der Waals surface area contributed by atoms with Gasteiger partial charge in [0.15, 0.2) is 5.75 Å². The molecular formula is C21H29N3O7S3. The maximum Gasteiger partial charge on any atom is 0.258 e. The number of aliphatic hydroxyl groups is 1. The number of benzene rings is 1. The van der Waals surface area contributed by atoms with Crippen molar-refractivity contribution in [3.63, 3.8) is 0 Å². The molecule has 2 aromatic rings. The van der Waals surface area contributed by atoms with Crippen molar-refractivity contribution in [2.45, 2.75) is 30.2 Å². The molecule has 0 radical (unpaired) electrons. The van der Waals surface area contributed by atoms with Crippen molar-refractivity contribution in [1.29, 1.82) is 0 Å². The summed E-state index contributed by atoms with van der Waals surface area (Å²) in [5, 5.41) is 11.4. The van der Waals surface area contributed by atoms with E-state index in [4.69, 9.17) is 4.74 Å². The van der Waals surface area contributed by atoms with Crippen LogP contribution in [-0.2, 0) is 20.0 Å². The number of fused-ring (bicyclic) bond motifs is 1. The summed E-state index contributed by atoms with van der Waals surface area (Å²) in [6, 6.07) is 7.18. The van der Waals surface area contributed by atoms with Gasteiger partial charge in [-0.1, -0.05) is 19.1 Å². The van der Waals surface area contributed by atoms with E-state index in [2.05, 4.69) is 4.72 Å². The molecule has 1 amide bonds. The summed E-state index contributed by atoms with van der Waals surface area (Å²) in [6.45, 7) is 3.42. The molecule has 0 saturated heterocycles. The maximum atomic E-state index is 13.3. The quantitative estimate of drug-likeness (QED) is 0.529. The molecule has 13 heteroatoms. The van der Waals surface area contributed by atoms with Gasteiger partial charge in [0.05, 0.1) is 36.7 Å². The van der Waals surface area contributed by atoms with Gasteiger partial charge in [-0.05, 0) is 30.5 Å². The summed E-state index contributed by atoms with van der Waals surface area (Å²) in [7, 11) is -6.00. The van der Waals surface area contributed by atoms with Crippen LogP contribution in [-0.4, -0.2) is 82.2 Å². The number of sulfonamides is 2. The molecule has 0 saturated carbocycles. The molecule has 3 atom stereocenters. The minimum absolute atomic E-state index is 0.0199. The number of carbonyl (C=O) groups is 1. The van der Waals surface area contributed by atoms with E-state index in [0.29, 0.717) is 0 Å². The number of para-hydroxylation sites is 1. The monoisotopic (exact) mass is 531 g/mol. The Morgan fingerprint density at radius 2 is 1.97 bits per heavy atom. The normalized spacial score (nSPS) is 20.3. The summed E-state index contributed by atoms with van der Waals surface area (Å²) in [6.07, 6.45) is 0.265. The topological polar surface area (TPSA) is 133 Å². The van der Waals surface area contributed by atoms with Crippen molar-refractivity contribution < 1.29 is 31.5 Å². The first-order chi connectivity index (χ1) is 15.8. The van der Waals surface area contributed by atoms with Crippen LogP contribution in [0.5, 0.6) is 5.75 Å². The van der Waals surface area contributed by atoms with Crippen molar-refractivity contribution >= 4 is 43.0 Å². The second-order valence-electron chi connectivity index (χ2n) is 8.40. The number of nitrogens with zero attached hydrogens (tertiary/aromatic N) is 2. The number of ether oxygens (including phenoxy) is 1. The van der Waals surface area contributed by atoms with Crippen molar-refractivity contribution in [1.82, 2.24) is 9.21 Å². The Morgan fingerprint density at radius 1 is 1.26 bits per heavy atom. The molecule has 1 aliphatic rings. The third kappa shape index (κ3) is 5.71. The molecule has 0 fully saturated rings. The molecule has 0 bridgehead atoms. The molecule has 34 heavy (non-hydrogen) atoms. The van der Waals surface area contributed by atoms with Gasteiger partial charge in [-0.15, -0.1) is 11.3 Å². The number of carbonyl (C=O) groups excluding carboxylic acids is 1. The van der Waals surface area contributed by atoms with Crippen molar-refractivity contribution in [2.75, 3.05) is 37.7 Å². The van der Waals surface area contributed by atoms with E-state index in [1.54, 1.807) is 18.4 Å². The average molecular weight is 532 g/mol. The first-order valence-corrected chi connectivity index (χ1v) is 14.8. The average Bonchev–Trinajstić information content (AvgIpc) is 3.30. The summed E-state index contributed by atoms with van der Waals surface area (Å²) >= 11 is 1.11. The molecule has 0 spiro atoms.